The van der Waals surface area contributed by atoms with Gasteiger partial charge in [0.2, 0.25) is 5.91 Å². The van der Waals surface area contributed by atoms with Crippen molar-refractivity contribution in [3.8, 4) is 0 Å². The number of halogens is 1. The average Bonchev–Trinajstić information content (AvgIpc) is 2.67. The zero-order chi connectivity index (χ0) is 19.5. The molecule has 0 atom stereocenters. The van der Waals surface area contributed by atoms with Crippen LogP contribution in [0.4, 0.5) is 4.39 Å². The molecule has 3 rings (SSSR count). The standard InChI is InChI=1S/C19H27FN2O4S/c1-27(24,25)19(6-10-21-11-7-19)17(23)22-14-18(8-12-26-13-9-18)15-2-4-16(20)5-3-15/h2-5,21H,6-14H2,1H3,(H,22,23). The average molecular weight is 399 g/mol. The van der Waals surface area contributed by atoms with Gasteiger partial charge in [0.25, 0.3) is 0 Å². The highest BCUT2D eigenvalue weighted by Gasteiger charge is 2.49. The van der Waals surface area contributed by atoms with Crippen LogP contribution in [0, 0.1) is 5.82 Å². The Labute approximate surface area is 159 Å². The Balaban J connectivity index is 1.82. The fourth-order valence-corrected chi connectivity index (χ4v) is 5.50. The SMILES string of the molecule is CS(=O)(=O)C1(C(=O)NCC2(c3ccc(F)cc3)CCOCC2)CCNCC1. The van der Waals surface area contributed by atoms with Gasteiger partial charge < -0.3 is 15.4 Å². The molecular weight excluding hydrogens is 371 g/mol. The number of ether oxygens (including phenoxy) is 1. The summed E-state index contributed by atoms with van der Waals surface area (Å²) in [5.74, 6) is -0.741. The third kappa shape index (κ3) is 4.02. The van der Waals surface area contributed by atoms with Crippen molar-refractivity contribution >= 4 is 15.7 Å². The molecule has 0 spiro atoms. The second kappa shape index (κ2) is 7.85. The number of amides is 1. The van der Waals surface area contributed by atoms with Crippen LogP contribution < -0.4 is 10.6 Å². The Hall–Kier alpha value is -1.51. The van der Waals surface area contributed by atoms with Crippen molar-refractivity contribution in [3.05, 3.63) is 35.6 Å². The quantitative estimate of drug-likeness (QED) is 0.778. The first kappa shape index (κ1) is 20.2. The number of hydrogen-bond acceptors (Lipinski definition) is 5. The Morgan fingerprint density at radius 2 is 1.74 bits per heavy atom. The van der Waals surface area contributed by atoms with Crippen molar-refractivity contribution in [2.24, 2.45) is 0 Å². The molecule has 0 aliphatic carbocycles. The number of carbonyl (C=O) groups excluding carboxylic acids is 1. The van der Waals surface area contributed by atoms with Crippen molar-refractivity contribution in [2.75, 3.05) is 39.1 Å². The van der Waals surface area contributed by atoms with E-state index in [1.54, 1.807) is 12.1 Å². The van der Waals surface area contributed by atoms with Crippen molar-refractivity contribution in [1.29, 1.82) is 0 Å². The molecule has 0 radical (unpaired) electrons. The van der Waals surface area contributed by atoms with Crippen LogP contribution in [-0.4, -0.2) is 58.2 Å². The Kier molecular flexibility index (Phi) is 5.88. The molecule has 0 bridgehead atoms. The van der Waals surface area contributed by atoms with Crippen LogP contribution in [0.1, 0.15) is 31.2 Å². The summed E-state index contributed by atoms with van der Waals surface area (Å²) in [6.45, 7) is 2.41. The summed E-state index contributed by atoms with van der Waals surface area (Å²) in [4.78, 5) is 13.0. The van der Waals surface area contributed by atoms with Crippen LogP contribution in [-0.2, 0) is 24.8 Å². The first-order valence-electron chi connectivity index (χ1n) is 9.32. The number of nitrogens with one attached hydrogen (secondary N) is 2. The summed E-state index contributed by atoms with van der Waals surface area (Å²) in [6.07, 6.45) is 3.05. The summed E-state index contributed by atoms with van der Waals surface area (Å²) in [5.41, 5.74) is 0.555. The lowest BCUT2D eigenvalue weighted by Gasteiger charge is -2.40. The van der Waals surface area contributed by atoms with E-state index in [2.05, 4.69) is 10.6 Å². The minimum absolute atomic E-state index is 0.268. The van der Waals surface area contributed by atoms with Gasteiger partial charge in [-0.05, 0) is 56.5 Å². The Morgan fingerprint density at radius 3 is 2.30 bits per heavy atom. The van der Waals surface area contributed by atoms with Crippen molar-refractivity contribution in [2.45, 2.75) is 35.8 Å². The molecule has 6 nitrogen and oxygen atoms in total. The number of rotatable bonds is 5. The first-order chi connectivity index (χ1) is 12.8. The second-order valence-corrected chi connectivity index (χ2v) is 9.92. The van der Waals surface area contributed by atoms with E-state index in [0.717, 1.165) is 11.8 Å². The van der Waals surface area contributed by atoms with Gasteiger partial charge in [0.15, 0.2) is 14.6 Å². The van der Waals surface area contributed by atoms with Crippen LogP contribution >= 0.6 is 0 Å². The minimum atomic E-state index is -3.56. The van der Waals surface area contributed by atoms with E-state index >= 15 is 0 Å². The molecule has 2 heterocycles. The number of hydrogen-bond donors (Lipinski definition) is 2. The maximum absolute atomic E-state index is 13.4. The number of sulfone groups is 1. The molecular formula is C19H27FN2O4S. The normalized spacial score (nSPS) is 22.1. The molecule has 0 aromatic heterocycles. The van der Waals surface area contributed by atoms with Gasteiger partial charge in [0, 0.05) is 31.4 Å². The molecule has 1 aromatic carbocycles. The molecule has 2 aliphatic heterocycles. The summed E-state index contributed by atoms with van der Waals surface area (Å²) in [6, 6.07) is 6.31. The number of benzene rings is 1. The molecule has 27 heavy (non-hydrogen) atoms. The first-order valence-corrected chi connectivity index (χ1v) is 11.2. The predicted octanol–water partition coefficient (Wildman–Crippen LogP) is 1.16. The van der Waals surface area contributed by atoms with E-state index in [9.17, 15) is 17.6 Å². The van der Waals surface area contributed by atoms with Crippen LogP contribution in [0.5, 0.6) is 0 Å². The minimum Gasteiger partial charge on any atom is -0.381 e. The molecule has 2 fully saturated rings. The Bertz CT molecular complexity index is 767. The van der Waals surface area contributed by atoms with Crippen molar-refractivity contribution in [3.63, 3.8) is 0 Å². The highest BCUT2D eigenvalue weighted by atomic mass is 32.2. The van der Waals surface area contributed by atoms with Crippen LogP contribution in [0.25, 0.3) is 0 Å². The van der Waals surface area contributed by atoms with Gasteiger partial charge in [-0.3, -0.25) is 4.79 Å². The van der Waals surface area contributed by atoms with Crippen LogP contribution in [0.15, 0.2) is 24.3 Å². The summed E-state index contributed by atoms with van der Waals surface area (Å²) in [5, 5.41) is 6.04. The van der Waals surface area contributed by atoms with E-state index in [1.807, 2.05) is 0 Å². The Morgan fingerprint density at radius 1 is 1.15 bits per heavy atom. The van der Waals surface area contributed by atoms with Gasteiger partial charge in [-0.25, -0.2) is 12.8 Å². The summed E-state index contributed by atoms with van der Waals surface area (Å²) in [7, 11) is -3.56. The molecule has 0 saturated carbocycles. The highest BCUT2D eigenvalue weighted by molar-refractivity contribution is 7.92. The lowest BCUT2D eigenvalue weighted by molar-refractivity contribution is -0.124. The van der Waals surface area contributed by atoms with E-state index in [0.29, 0.717) is 45.7 Å². The van der Waals surface area contributed by atoms with Gasteiger partial charge in [0.1, 0.15) is 5.82 Å². The maximum atomic E-state index is 13.4. The van der Waals surface area contributed by atoms with Gasteiger partial charge >= 0.3 is 0 Å². The monoisotopic (exact) mass is 398 g/mol. The molecule has 2 aliphatic rings. The molecule has 1 amide bonds. The molecule has 8 heteroatoms. The van der Waals surface area contributed by atoms with Crippen LogP contribution in [0.3, 0.4) is 0 Å². The summed E-state index contributed by atoms with van der Waals surface area (Å²) >= 11 is 0. The van der Waals surface area contributed by atoms with E-state index in [4.69, 9.17) is 4.74 Å². The zero-order valence-electron chi connectivity index (χ0n) is 15.6. The zero-order valence-corrected chi connectivity index (χ0v) is 16.4. The van der Waals surface area contributed by atoms with E-state index in [1.165, 1.54) is 12.1 Å². The fourth-order valence-electron chi connectivity index (χ4n) is 4.14. The third-order valence-electron chi connectivity index (χ3n) is 6.03. The second-order valence-electron chi connectivity index (χ2n) is 7.60. The van der Waals surface area contributed by atoms with E-state index in [-0.39, 0.29) is 24.1 Å². The highest BCUT2D eigenvalue weighted by Crippen LogP contribution is 2.35. The van der Waals surface area contributed by atoms with Crippen molar-refractivity contribution < 1.29 is 22.3 Å². The van der Waals surface area contributed by atoms with Gasteiger partial charge in [0.05, 0.1) is 0 Å². The molecule has 2 saturated heterocycles. The fraction of sp³-hybridized carbons (Fsp3) is 0.632. The lowest BCUT2D eigenvalue weighted by Crippen LogP contribution is -2.59. The number of piperidine rings is 1. The van der Waals surface area contributed by atoms with Crippen molar-refractivity contribution in [1.82, 2.24) is 10.6 Å². The van der Waals surface area contributed by atoms with Gasteiger partial charge in [-0.1, -0.05) is 12.1 Å². The van der Waals surface area contributed by atoms with Gasteiger partial charge in [-0.15, -0.1) is 0 Å². The maximum Gasteiger partial charge on any atom is 0.241 e. The van der Waals surface area contributed by atoms with Crippen LogP contribution in [0.2, 0.25) is 0 Å². The summed E-state index contributed by atoms with van der Waals surface area (Å²) < 4.78 is 42.3. The largest absolute Gasteiger partial charge is 0.381 e. The van der Waals surface area contributed by atoms with E-state index < -0.39 is 20.5 Å². The lowest BCUT2D eigenvalue weighted by atomic mass is 9.74. The molecule has 150 valence electrons. The molecule has 1 aromatic rings. The third-order valence-corrected chi connectivity index (χ3v) is 8.04. The molecule has 2 N–H and O–H groups in total. The predicted molar refractivity (Wildman–Crippen MR) is 101 cm³/mol. The smallest absolute Gasteiger partial charge is 0.241 e. The number of carbonyl (C=O) groups is 1. The van der Waals surface area contributed by atoms with Gasteiger partial charge in [-0.2, -0.15) is 0 Å². The molecule has 0 unspecified atom stereocenters. The topological polar surface area (TPSA) is 84.5 Å².